The van der Waals surface area contributed by atoms with Gasteiger partial charge in [-0.2, -0.15) is 4.39 Å². The molecule has 0 aliphatic heterocycles. The molecule has 3 nitrogen and oxygen atoms in total. The molecule has 0 aliphatic carbocycles. The van der Waals surface area contributed by atoms with Gasteiger partial charge in [0.05, 0.1) is 5.56 Å². The predicted octanol–water partition coefficient (Wildman–Crippen LogP) is 2.06. The van der Waals surface area contributed by atoms with Gasteiger partial charge in [0.15, 0.2) is 0 Å². The zero-order valence-electron chi connectivity index (χ0n) is 8.93. The molecule has 1 heterocycles. The van der Waals surface area contributed by atoms with Crippen molar-refractivity contribution in [2.24, 2.45) is 5.92 Å². The van der Waals surface area contributed by atoms with E-state index >= 15 is 0 Å². The largest absolute Gasteiger partial charge is 0.270 e. The fourth-order valence-corrected chi connectivity index (χ4v) is 1.57. The van der Waals surface area contributed by atoms with Gasteiger partial charge in [-0.1, -0.05) is 20.3 Å². The molecule has 1 aromatic rings. The van der Waals surface area contributed by atoms with E-state index in [9.17, 15) is 9.18 Å². The average molecular weight is 200 g/mol. The number of hydrogen-bond donors (Lipinski definition) is 1. The molecule has 0 radical (unpaired) electrons. The molecule has 0 aromatic carbocycles. The Morgan fingerprint density at radius 1 is 1.57 bits per heavy atom. The van der Waals surface area contributed by atoms with E-state index in [0.29, 0.717) is 12.5 Å². The quantitative estimate of drug-likeness (QED) is 0.793. The number of rotatable bonds is 4. The maximum absolute atomic E-state index is 13.4. The summed E-state index contributed by atoms with van der Waals surface area (Å²) in [5, 5.41) is 2.49. The van der Waals surface area contributed by atoms with Crippen LogP contribution in [0.1, 0.15) is 32.3 Å². The summed E-state index contributed by atoms with van der Waals surface area (Å²) in [4.78, 5) is 11.1. The van der Waals surface area contributed by atoms with Crippen LogP contribution in [0, 0.1) is 18.8 Å². The summed E-state index contributed by atoms with van der Waals surface area (Å²) in [5.74, 6) is -0.0464. The van der Waals surface area contributed by atoms with Crippen molar-refractivity contribution < 1.29 is 4.39 Å². The van der Waals surface area contributed by atoms with Crippen LogP contribution in [0.4, 0.5) is 4.39 Å². The lowest BCUT2D eigenvalue weighted by atomic mass is 10.1. The van der Waals surface area contributed by atoms with Crippen molar-refractivity contribution in [2.45, 2.75) is 40.2 Å². The lowest BCUT2D eigenvalue weighted by Crippen LogP contribution is -2.12. The predicted molar refractivity (Wildman–Crippen MR) is 53.8 cm³/mol. The Balaban J connectivity index is 2.77. The number of aromatic nitrogens is 2. The molecule has 1 rings (SSSR count). The van der Waals surface area contributed by atoms with Crippen molar-refractivity contribution in [1.82, 2.24) is 9.78 Å². The first-order chi connectivity index (χ1) is 6.56. The minimum Gasteiger partial charge on any atom is -0.268 e. The van der Waals surface area contributed by atoms with Crippen LogP contribution in [-0.4, -0.2) is 9.78 Å². The summed E-state index contributed by atoms with van der Waals surface area (Å²) in [7, 11) is 0. The van der Waals surface area contributed by atoms with E-state index in [1.807, 2.05) is 0 Å². The number of H-pyrrole nitrogens is 1. The minimum atomic E-state index is -0.432. The Bertz CT molecular complexity index is 353. The van der Waals surface area contributed by atoms with E-state index in [1.54, 1.807) is 0 Å². The Morgan fingerprint density at radius 3 is 2.64 bits per heavy atom. The Hall–Kier alpha value is -1.06. The van der Waals surface area contributed by atoms with Crippen molar-refractivity contribution in [3.8, 4) is 0 Å². The molecule has 0 saturated carbocycles. The van der Waals surface area contributed by atoms with Crippen molar-refractivity contribution >= 4 is 0 Å². The van der Waals surface area contributed by atoms with Crippen LogP contribution in [0.15, 0.2) is 4.79 Å². The number of hydrogen-bond acceptors (Lipinski definition) is 1. The summed E-state index contributed by atoms with van der Waals surface area (Å²) >= 11 is 0. The van der Waals surface area contributed by atoms with Crippen LogP contribution in [-0.2, 0) is 6.54 Å². The second kappa shape index (κ2) is 4.44. The lowest BCUT2D eigenvalue weighted by molar-refractivity contribution is 0.367. The first kappa shape index (κ1) is 11.0. The number of nitrogens with one attached hydrogen (secondary N) is 1. The fraction of sp³-hybridized carbons (Fsp3) is 0.700. The highest BCUT2D eigenvalue weighted by atomic mass is 19.1. The molecule has 0 saturated heterocycles. The molecule has 0 bridgehead atoms. The average Bonchev–Trinajstić information content (AvgIpc) is 2.34. The molecule has 1 N–H and O–H groups in total. The highest BCUT2D eigenvalue weighted by Crippen LogP contribution is 2.09. The zero-order valence-corrected chi connectivity index (χ0v) is 8.93. The maximum atomic E-state index is 13.4. The maximum Gasteiger partial charge on any atom is 0.270 e. The standard InChI is InChI=1S/C10H17FN2O/c1-4-5-7(2)6-13-9(11)8(3)10(14)12-13/h7H,4-6H2,1-3H3,(H,12,14). The van der Waals surface area contributed by atoms with Gasteiger partial charge in [-0.25, -0.2) is 0 Å². The van der Waals surface area contributed by atoms with Crippen LogP contribution >= 0.6 is 0 Å². The summed E-state index contributed by atoms with van der Waals surface area (Å²) in [5.41, 5.74) is -0.153. The molecule has 0 fully saturated rings. The van der Waals surface area contributed by atoms with Gasteiger partial charge in [0.1, 0.15) is 0 Å². The van der Waals surface area contributed by atoms with E-state index in [4.69, 9.17) is 0 Å². The molecule has 14 heavy (non-hydrogen) atoms. The lowest BCUT2D eigenvalue weighted by Gasteiger charge is -2.10. The highest BCUT2D eigenvalue weighted by Gasteiger charge is 2.11. The molecule has 1 unspecified atom stereocenters. The van der Waals surface area contributed by atoms with Crippen molar-refractivity contribution in [1.29, 1.82) is 0 Å². The second-order valence-electron chi connectivity index (χ2n) is 3.86. The summed E-state index contributed by atoms with van der Waals surface area (Å²) in [6, 6.07) is 0. The van der Waals surface area contributed by atoms with Gasteiger partial charge in [-0.05, 0) is 19.3 Å². The fourth-order valence-electron chi connectivity index (χ4n) is 1.57. The van der Waals surface area contributed by atoms with Gasteiger partial charge in [-0.3, -0.25) is 14.6 Å². The molecular weight excluding hydrogens is 183 g/mol. The summed E-state index contributed by atoms with van der Waals surface area (Å²) in [6.45, 7) is 6.19. The van der Waals surface area contributed by atoms with Crippen molar-refractivity contribution in [3.63, 3.8) is 0 Å². The minimum absolute atomic E-state index is 0.175. The van der Waals surface area contributed by atoms with E-state index in [-0.39, 0.29) is 11.1 Å². The second-order valence-corrected chi connectivity index (χ2v) is 3.86. The summed E-state index contributed by atoms with van der Waals surface area (Å²) < 4.78 is 14.7. The van der Waals surface area contributed by atoms with Gasteiger partial charge in [-0.15, -0.1) is 0 Å². The molecule has 80 valence electrons. The normalized spacial score (nSPS) is 13.1. The van der Waals surface area contributed by atoms with Crippen LogP contribution < -0.4 is 5.56 Å². The van der Waals surface area contributed by atoms with E-state index in [2.05, 4.69) is 18.9 Å². The van der Waals surface area contributed by atoms with Gasteiger partial charge in [0.2, 0.25) is 5.95 Å². The molecular formula is C10H17FN2O. The highest BCUT2D eigenvalue weighted by molar-refractivity contribution is 5.03. The molecule has 1 atom stereocenters. The third-order valence-electron chi connectivity index (χ3n) is 2.40. The molecule has 4 heteroatoms. The van der Waals surface area contributed by atoms with Crippen molar-refractivity contribution in [2.75, 3.05) is 0 Å². The van der Waals surface area contributed by atoms with Gasteiger partial charge in [0, 0.05) is 6.54 Å². The summed E-state index contributed by atoms with van der Waals surface area (Å²) in [6.07, 6.45) is 2.12. The number of nitrogens with zero attached hydrogens (tertiary/aromatic N) is 1. The van der Waals surface area contributed by atoms with Crippen molar-refractivity contribution in [3.05, 3.63) is 21.9 Å². The molecule has 0 spiro atoms. The first-order valence-electron chi connectivity index (χ1n) is 5.01. The SMILES string of the molecule is CCCC(C)Cn1[nH]c(=O)c(C)c1F. The van der Waals surface area contributed by atoms with Crippen LogP contribution in [0.2, 0.25) is 0 Å². The Labute approximate surface area is 82.9 Å². The third kappa shape index (κ3) is 2.25. The monoisotopic (exact) mass is 200 g/mol. The smallest absolute Gasteiger partial charge is 0.268 e. The molecule has 0 amide bonds. The van der Waals surface area contributed by atoms with Crippen LogP contribution in [0.25, 0.3) is 0 Å². The van der Waals surface area contributed by atoms with Crippen LogP contribution in [0.3, 0.4) is 0 Å². The number of halogens is 1. The molecule has 0 aliphatic rings. The molecule has 1 aromatic heterocycles. The third-order valence-corrected chi connectivity index (χ3v) is 2.40. The first-order valence-corrected chi connectivity index (χ1v) is 5.01. The van der Waals surface area contributed by atoms with E-state index in [0.717, 1.165) is 12.8 Å². The van der Waals surface area contributed by atoms with Crippen LogP contribution in [0.5, 0.6) is 0 Å². The number of aromatic amines is 1. The van der Waals surface area contributed by atoms with Gasteiger partial charge < -0.3 is 0 Å². The Kier molecular flexibility index (Phi) is 3.49. The van der Waals surface area contributed by atoms with E-state index < -0.39 is 5.95 Å². The van der Waals surface area contributed by atoms with E-state index in [1.165, 1.54) is 11.6 Å². The van der Waals surface area contributed by atoms with Gasteiger partial charge in [0.25, 0.3) is 5.56 Å². The Morgan fingerprint density at radius 2 is 2.21 bits per heavy atom. The topological polar surface area (TPSA) is 37.8 Å². The zero-order chi connectivity index (χ0) is 10.7. The van der Waals surface area contributed by atoms with Gasteiger partial charge >= 0.3 is 0 Å².